The summed E-state index contributed by atoms with van der Waals surface area (Å²) in [6.07, 6.45) is 3.39. The molecule has 0 atom stereocenters. The first-order chi connectivity index (χ1) is 8.61. The smallest absolute Gasteiger partial charge is 0.256 e. The number of hydrogen-bond acceptors (Lipinski definition) is 3. The fraction of sp³-hybridized carbons (Fsp3) is 0.167. The van der Waals surface area contributed by atoms with Crippen LogP contribution in [0.3, 0.4) is 0 Å². The summed E-state index contributed by atoms with van der Waals surface area (Å²) >= 11 is 3.31. The Balaban J connectivity index is 2.19. The third kappa shape index (κ3) is 2.53. The first kappa shape index (κ1) is 12.6. The van der Waals surface area contributed by atoms with Crippen molar-refractivity contribution in [2.24, 2.45) is 0 Å². The van der Waals surface area contributed by atoms with Gasteiger partial charge in [0.05, 0.1) is 21.9 Å². The van der Waals surface area contributed by atoms with Gasteiger partial charge in [-0.25, -0.2) is 0 Å². The molecule has 3 N–H and O–H groups in total. The SMILES string of the molecule is CCn1cc(NC(=O)c2cccc(N)c2Br)cn1. The van der Waals surface area contributed by atoms with E-state index in [9.17, 15) is 4.79 Å². The molecule has 0 radical (unpaired) electrons. The fourth-order valence-electron chi connectivity index (χ4n) is 1.52. The summed E-state index contributed by atoms with van der Waals surface area (Å²) in [6.45, 7) is 2.74. The molecule has 1 aromatic carbocycles. The highest BCUT2D eigenvalue weighted by atomic mass is 79.9. The topological polar surface area (TPSA) is 72.9 Å². The maximum Gasteiger partial charge on any atom is 0.256 e. The van der Waals surface area contributed by atoms with Crippen molar-refractivity contribution in [2.75, 3.05) is 11.1 Å². The van der Waals surface area contributed by atoms with E-state index < -0.39 is 0 Å². The lowest BCUT2D eigenvalue weighted by atomic mass is 10.2. The lowest BCUT2D eigenvalue weighted by molar-refractivity contribution is 0.102. The molecule has 1 amide bonds. The third-order valence-corrected chi connectivity index (χ3v) is 3.37. The zero-order valence-corrected chi connectivity index (χ0v) is 11.4. The molecule has 1 heterocycles. The van der Waals surface area contributed by atoms with E-state index in [1.165, 1.54) is 0 Å². The summed E-state index contributed by atoms with van der Waals surface area (Å²) in [7, 11) is 0. The molecular weight excluding hydrogens is 296 g/mol. The van der Waals surface area contributed by atoms with Gasteiger partial charge in [0.1, 0.15) is 0 Å². The van der Waals surface area contributed by atoms with Crippen molar-refractivity contribution >= 4 is 33.2 Å². The largest absolute Gasteiger partial charge is 0.398 e. The van der Waals surface area contributed by atoms with Gasteiger partial charge in [0.25, 0.3) is 5.91 Å². The minimum atomic E-state index is -0.218. The summed E-state index contributed by atoms with van der Waals surface area (Å²) in [5.41, 5.74) is 7.43. The number of aryl methyl sites for hydroxylation is 1. The summed E-state index contributed by atoms with van der Waals surface area (Å²) in [5.74, 6) is -0.218. The zero-order valence-electron chi connectivity index (χ0n) is 9.85. The van der Waals surface area contributed by atoms with Crippen molar-refractivity contribution in [2.45, 2.75) is 13.5 Å². The van der Waals surface area contributed by atoms with Gasteiger partial charge < -0.3 is 11.1 Å². The van der Waals surface area contributed by atoms with Gasteiger partial charge in [0.2, 0.25) is 0 Å². The molecule has 0 spiro atoms. The molecule has 0 unspecified atom stereocenters. The molecule has 0 aliphatic heterocycles. The van der Waals surface area contributed by atoms with Crippen LogP contribution in [0, 0.1) is 0 Å². The predicted molar refractivity (Wildman–Crippen MR) is 74.4 cm³/mol. The Morgan fingerprint density at radius 2 is 2.33 bits per heavy atom. The highest BCUT2D eigenvalue weighted by Crippen LogP contribution is 2.24. The van der Waals surface area contributed by atoms with Crippen molar-refractivity contribution in [1.29, 1.82) is 0 Å². The Morgan fingerprint density at radius 3 is 3.00 bits per heavy atom. The van der Waals surface area contributed by atoms with Gasteiger partial charge in [-0.2, -0.15) is 5.10 Å². The highest BCUT2D eigenvalue weighted by molar-refractivity contribution is 9.10. The van der Waals surface area contributed by atoms with E-state index in [1.807, 2.05) is 6.92 Å². The number of rotatable bonds is 3. The van der Waals surface area contributed by atoms with Crippen molar-refractivity contribution in [3.63, 3.8) is 0 Å². The minimum absolute atomic E-state index is 0.218. The number of aromatic nitrogens is 2. The van der Waals surface area contributed by atoms with Crippen molar-refractivity contribution < 1.29 is 4.79 Å². The van der Waals surface area contributed by atoms with Gasteiger partial charge in [-0.3, -0.25) is 9.48 Å². The second kappa shape index (κ2) is 5.22. The van der Waals surface area contributed by atoms with Crippen molar-refractivity contribution in [3.05, 3.63) is 40.6 Å². The number of nitrogens with zero attached hydrogens (tertiary/aromatic N) is 2. The molecule has 1 aromatic heterocycles. The van der Waals surface area contributed by atoms with Gasteiger partial charge in [0, 0.05) is 18.4 Å². The van der Waals surface area contributed by atoms with Crippen LogP contribution in [0.5, 0.6) is 0 Å². The third-order valence-electron chi connectivity index (χ3n) is 2.49. The zero-order chi connectivity index (χ0) is 13.1. The summed E-state index contributed by atoms with van der Waals surface area (Å²) in [6, 6.07) is 5.18. The van der Waals surface area contributed by atoms with Crippen LogP contribution in [0.15, 0.2) is 35.1 Å². The van der Waals surface area contributed by atoms with Crippen LogP contribution in [0.4, 0.5) is 11.4 Å². The van der Waals surface area contributed by atoms with E-state index in [2.05, 4.69) is 26.3 Å². The molecule has 2 aromatic rings. The maximum absolute atomic E-state index is 12.1. The number of benzene rings is 1. The van der Waals surface area contributed by atoms with Crippen LogP contribution in [0.25, 0.3) is 0 Å². The Labute approximate surface area is 113 Å². The van der Waals surface area contributed by atoms with Crippen LogP contribution >= 0.6 is 15.9 Å². The molecule has 94 valence electrons. The van der Waals surface area contributed by atoms with Crippen LogP contribution in [0.1, 0.15) is 17.3 Å². The van der Waals surface area contributed by atoms with Crippen molar-refractivity contribution in [1.82, 2.24) is 9.78 Å². The lowest BCUT2D eigenvalue weighted by Crippen LogP contribution is -2.12. The fourth-order valence-corrected chi connectivity index (χ4v) is 1.97. The van der Waals surface area contributed by atoms with E-state index in [1.54, 1.807) is 35.3 Å². The van der Waals surface area contributed by atoms with E-state index in [0.29, 0.717) is 21.4 Å². The molecule has 0 saturated carbocycles. The van der Waals surface area contributed by atoms with E-state index >= 15 is 0 Å². The van der Waals surface area contributed by atoms with Crippen LogP contribution in [0.2, 0.25) is 0 Å². The molecule has 0 fully saturated rings. The standard InChI is InChI=1S/C12H13BrN4O/c1-2-17-7-8(6-15-17)16-12(18)9-4-3-5-10(14)11(9)13/h3-7H,2,14H2,1H3,(H,16,18). The monoisotopic (exact) mass is 308 g/mol. The molecule has 2 rings (SSSR count). The normalized spacial score (nSPS) is 10.3. The number of amides is 1. The van der Waals surface area contributed by atoms with Gasteiger partial charge in [-0.15, -0.1) is 0 Å². The first-order valence-corrected chi connectivity index (χ1v) is 6.29. The minimum Gasteiger partial charge on any atom is -0.398 e. The number of halogens is 1. The van der Waals surface area contributed by atoms with Crippen LogP contribution in [-0.4, -0.2) is 15.7 Å². The van der Waals surface area contributed by atoms with Gasteiger partial charge in [-0.1, -0.05) is 6.07 Å². The molecule has 0 aliphatic rings. The number of carbonyl (C=O) groups excluding carboxylic acids is 1. The number of carbonyl (C=O) groups is 1. The molecule has 5 nitrogen and oxygen atoms in total. The van der Waals surface area contributed by atoms with Crippen LogP contribution in [-0.2, 0) is 6.54 Å². The molecule has 0 aliphatic carbocycles. The Morgan fingerprint density at radius 1 is 1.56 bits per heavy atom. The van der Waals surface area contributed by atoms with E-state index in [-0.39, 0.29) is 5.91 Å². The second-order valence-electron chi connectivity index (χ2n) is 3.75. The van der Waals surface area contributed by atoms with E-state index in [4.69, 9.17) is 5.73 Å². The average molecular weight is 309 g/mol. The van der Waals surface area contributed by atoms with Gasteiger partial charge in [-0.05, 0) is 35.0 Å². The Bertz CT molecular complexity index is 579. The van der Waals surface area contributed by atoms with Gasteiger partial charge in [0.15, 0.2) is 0 Å². The van der Waals surface area contributed by atoms with Gasteiger partial charge >= 0.3 is 0 Å². The van der Waals surface area contributed by atoms with Crippen LogP contribution < -0.4 is 11.1 Å². The Kier molecular flexibility index (Phi) is 3.66. The number of nitrogens with one attached hydrogen (secondary N) is 1. The average Bonchev–Trinajstić information content (AvgIpc) is 2.80. The first-order valence-electron chi connectivity index (χ1n) is 5.49. The summed E-state index contributed by atoms with van der Waals surface area (Å²) in [5, 5.41) is 6.86. The number of anilines is 2. The summed E-state index contributed by atoms with van der Waals surface area (Å²) in [4.78, 5) is 12.1. The number of nitrogens with two attached hydrogens (primary N) is 1. The highest BCUT2D eigenvalue weighted by Gasteiger charge is 2.12. The second-order valence-corrected chi connectivity index (χ2v) is 4.54. The summed E-state index contributed by atoms with van der Waals surface area (Å²) < 4.78 is 2.34. The molecule has 0 saturated heterocycles. The molecular formula is C12H13BrN4O. The lowest BCUT2D eigenvalue weighted by Gasteiger charge is -2.06. The quantitative estimate of drug-likeness (QED) is 0.856. The van der Waals surface area contributed by atoms with Crippen molar-refractivity contribution in [3.8, 4) is 0 Å². The Hall–Kier alpha value is -1.82. The predicted octanol–water partition coefficient (Wildman–Crippen LogP) is 2.50. The van der Waals surface area contributed by atoms with E-state index in [0.717, 1.165) is 6.54 Å². The maximum atomic E-state index is 12.1. The molecule has 18 heavy (non-hydrogen) atoms. The molecule has 0 bridgehead atoms. The number of hydrogen-bond donors (Lipinski definition) is 2. The number of nitrogen functional groups attached to an aromatic ring is 1. The molecule has 6 heteroatoms.